The van der Waals surface area contributed by atoms with Gasteiger partial charge in [0.05, 0.1) is 0 Å². The van der Waals surface area contributed by atoms with Gasteiger partial charge in [0.1, 0.15) is 0 Å². The van der Waals surface area contributed by atoms with Gasteiger partial charge < -0.3 is 10.2 Å². The molecule has 0 aliphatic carbocycles. The number of carbonyl (C=O) groups is 1. The largest absolute Gasteiger partial charge is 0.337 e. The highest BCUT2D eigenvalue weighted by Gasteiger charge is 2.27. The maximum absolute atomic E-state index is 12.2. The number of aryl methyl sites for hydroxylation is 1. The first-order valence-corrected chi connectivity index (χ1v) is 8.01. The third-order valence-corrected chi connectivity index (χ3v) is 5.32. The molecule has 0 aromatic carbocycles. The predicted molar refractivity (Wildman–Crippen MR) is 86.2 cm³/mol. The fourth-order valence-corrected chi connectivity index (χ4v) is 3.72. The number of hydrogen-bond donors (Lipinski definition) is 1. The maximum Gasteiger partial charge on any atom is 0.223 e. The molecule has 0 spiro atoms. The van der Waals surface area contributed by atoms with E-state index in [9.17, 15) is 4.79 Å². The van der Waals surface area contributed by atoms with Crippen LogP contribution < -0.4 is 5.32 Å². The van der Waals surface area contributed by atoms with E-state index in [1.165, 1.54) is 4.88 Å². The smallest absolute Gasteiger partial charge is 0.223 e. The van der Waals surface area contributed by atoms with Crippen LogP contribution in [-0.2, 0) is 11.2 Å². The van der Waals surface area contributed by atoms with E-state index in [1.54, 1.807) is 11.3 Å². The fourth-order valence-electron chi connectivity index (χ4n) is 2.27. The zero-order valence-electron chi connectivity index (χ0n) is 11.2. The molecule has 2 atom stereocenters. The summed E-state index contributed by atoms with van der Waals surface area (Å²) in [7, 11) is 0. The summed E-state index contributed by atoms with van der Waals surface area (Å²) in [6.07, 6.45) is 1.46. The minimum atomic E-state index is 0. The second-order valence-electron chi connectivity index (χ2n) is 4.80. The lowest BCUT2D eigenvalue weighted by Gasteiger charge is -2.38. The Balaban J connectivity index is 0.00000180. The Morgan fingerprint density at radius 1 is 1.58 bits per heavy atom. The van der Waals surface area contributed by atoms with Crippen LogP contribution in [0.3, 0.4) is 0 Å². The lowest BCUT2D eigenvalue weighted by atomic mass is 10.1. The Kier molecular flexibility index (Phi) is 6.80. The Bertz CT molecular complexity index is 427. The van der Waals surface area contributed by atoms with Gasteiger partial charge in [-0.25, -0.2) is 0 Å². The molecule has 2 heterocycles. The fraction of sp³-hybridized carbons (Fsp3) is 0.615. The summed E-state index contributed by atoms with van der Waals surface area (Å²) in [6.45, 7) is 6.00. The molecule has 1 N–H and O–H groups in total. The van der Waals surface area contributed by atoms with Gasteiger partial charge in [0, 0.05) is 46.3 Å². The van der Waals surface area contributed by atoms with E-state index in [1.807, 2.05) is 4.90 Å². The molecule has 1 saturated heterocycles. The summed E-state index contributed by atoms with van der Waals surface area (Å²) in [5.74, 6) is 0.278. The van der Waals surface area contributed by atoms with Crippen molar-refractivity contribution in [3.8, 4) is 0 Å². The first-order chi connectivity index (χ1) is 8.58. The summed E-state index contributed by atoms with van der Waals surface area (Å²) in [6, 6.07) is 2.78. The normalized spacial score (nSPS) is 23.0. The molecule has 3 nitrogen and oxygen atoms in total. The SMILES string of the molecule is CC1NCCN(C(=O)CCc2cc(Br)cs2)C1C.Cl. The van der Waals surface area contributed by atoms with Crippen LogP contribution in [0.2, 0.25) is 0 Å². The van der Waals surface area contributed by atoms with Crippen LogP contribution in [-0.4, -0.2) is 36.0 Å². The highest BCUT2D eigenvalue weighted by atomic mass is 79.9. The zero-order valence-corrected chi connectivity index (χ0v) is 14.4. The average molecular weight is 368 g/mol. The summed E-state index contributed by atoms with van der Waals surface area (Å²) in [4.78, 5) is 15.5. The predicted octanol–water partition coefficient (Wildman–Crippen LogP) is 3.07. The Morgan fingerprint density at radius 2 is 2.32 bits per heavy atom. The van der Waals surface area contributed by atoms with Gasteiger partial charge in [-0.15, -0.1) is 23.7 Å². The highest BCUT2D eigenvalue weighted by Crippen LogP contribution is 2.21. The molecule has 0 bridgehead atoms. The molecule has 1 aliphatic rings. The van der Waals surface area contributed by atoms with Crippen molar-refractivity contribution in [1.82, 2.24) is 10.2 Å². The van der Waals surface area contributed by atoms with Crippen molar-refractivity contribution in [3.63, 3.8) is 0 Å². The maximum atomic E-state index is 12.2. The topological polar surface area (TPSA) is 32.3 Å². The first-order valence-electron chi connectivity index (χ1n) is 6.33. The molecule has 1 aromatic heterocycles. The molecule has 1 fully saturated rings. The third kappa shape index (κ3) is 4.45. The number of nitrogens with one attached hydrogen (secondary N) is 1. The van der Waals surface area contributed by atoms with Crippen LogP contribution in [0.25, 0.3) is 0 Å². The third-order valence-electron chi connectivity index (χ3n) is 3.56. The number of hydrogen-bond acceptors (Lipinski definition) is 3. The van der Waals surface area contributed by atoms with Gasteiger partial charge in [0.2, 0.25) is 5.91 Å². The van der Waals surface area contributed by atoms with Crippen molar-refractivity contribution in [2.24, 2.45) is 0 Å². The van der Waals surface area contributed by atoms with Gasteiger partial charge in [0.25, 0.3) is 0 Å². The lowest BCUT2D eigenvalue weighted by Crippen LogP contribution is -2.57. The van der Waals surface area contributed by atoms with Gasteiger partial charge in [-0.2, -0.15) is 0 Å². The molecule has 0 saturated carbocycles. The van der Waals surface area contributed by atoms with Crippen LogP contribution in [0.4, 0.5) is 0 Å². The van der Waals surface area contributed by atoms with Crippen molar-refractivity contribution >= 4 is 45.6 Å². The molecule has 0 radical (unpaired) electrons. The van der Waals surface area contributed by atoms with Crippen LogP contribution in [0.1, 0.15) is 25.1 Å². The van der Waals surface area contributed by atoms with Gasteiger partial charge in [0.15, 0.2) is 0 Å². The minimum Gasteiger partial charge on any atom is -0.337 e. The van der Waals surface area contributed by atoms with Gasteiger partial charge in [-0.05, 0) is 42.3 Å². The molecule has 6 heteroatoms. The van der Waals surface area contributed by atoms with E-state index in [2.05, 4.69) is 46.5 Å². The van der Waals surface area contributed by atoms with Gasteiger partial charge in [-0.3, -0.25) is 4.79 Å². The molecule has 2 rings (SSSR count). The second kappa shape index (κ2) is 7.62. The molecule has 1 aromatic rings. The van der Waals surface area contributed by atoms with E-state index in [4.69, 9.17) is 0 Å². The quantitative estimate of drug-likeness (QED) is 0.890. The molecule has 1 amide bonds. The lowest BCUT2D eigenvalue weighted by molar-refractivity contribution is -0.134. The van der Waals surface area contributed by atoms with E-state index >= 15 is 0 Å². The number of amides is 1. The Morgan fingerprint density at radius 3 is 2.95 bits per heavy atom. The number of piperazine rings is 1. The van der Waals surface area contributed by atoms with Gasteiger partial charge >= 0.3 is 0 Å². The Labute approximate surface area is 133 Å². The molecular weight excluding hydrogens is 348 g/mol. The van der Waals surface area contributed by atoms with Crippen molar-refractivity contribution in [3.05, 3.63) is 20.8 Å². The van der Waals surface area contributed by atoms with E-state index < -0.39 is 0 Å². The second-order valence-corrected chi connectivity index (χ2v) is 6.71. The molecule has 2 unspecified atom stereocenters. The van der Waals surface area contributed by atoms with Gasteiger partial charge in [-0.1, -0.05) is 0 Å². The van der Waals surface area contributed by atoms with Crippen LogP contribution >= 0.6 is 39.7 Å². The summed E-state index contributed by atoms with van der Waals surface area (Å²) in [5.41, 5.74) is 0. The summed E-state index contributed by atoms with van der Waals surface area (Å²) < 4.78 is 1.11. The molecule has 108 valence electrons. The highest BCUT2D eigenvalue weighted by molar-refractivity contribution is 9.10. The van der Waals surface area contributed by atoms with Crippen LogP contribution in [0.5, 0.6) is 0 Å². The number of rotatable bonds is 3. The van der Waals surface area contributed by atoms with Crippen LogP contribution in [0.15, 0.2) is 15.9 Å². The van der Waals surface area contributed by atoms with Crippen molar-refractivity contribution < 1.29 is 4.79 Å². The molecule has 1 aliphatic heterocycles. The van der Waals surface area contributed by atoms with Crippen LogP contribution in [0, 0.1) is 0 Å². The number of halogens is 2. The number of thiophene rings is 1. The standard InChI is InChI=1S/C13H19BrN2OS.ClH/c1-9-10(2)16(6-5-15-9)13(17)4-3-12-7-11(14)8-18-12;/h7-10,15H,3-6H2,1-2H3;1H. The zero-order chi connectivity index (χ0) is 13.1. The van der Waals surface area contributed by atoms with Crippen molar-refractivity contribution in [2.45, 2.75) is 38.8 Å². The van der Waals surface area contributed by atoms with E-state index in [0.717, 1.165) is 24.0 Å². The number of nitrogens with zero attached hydrogens (tertiary/aromatic N) is 1. The first kappa shape index (κ1) is 17.0. The van der Waals surface area contributed by atoms with Crippen molar-refractivity contribution in [2.75, 3.05) is 13.1 Å². The molecule has 19 heavy (non-hydrogen) atoms. The molecular formula is C13H20BrClN2OS. The van der Waals surface area contributed by atoms with Crippen molar-refractivity contribution in [1.29, 1.82) is 0 Å². The minimum absolute atomic E-state index is 0. The van der Waals surface area contributed by atoms with E-state index in [0.29, 0.717) is 18.5 Å². The average Bonchev–Trinajstić information content (AvgIpc) is 2.76. The summed E-state index contributed by atoms with van der Waals surface area (Å²) >= 11 is 5.15. The van der Waals surface area contributed by atoms with E-state index in [-0.39, 0.29) is 18.3 Å². The number of carbonyl (C=O) groups excluding carboxylic acids is 1. The summed E-state index contributed by atoms with van der Waals surface area (Å²) in [5, 5.41) is 5.46. The monoisotopic (exact) mass is 366 g/mol. The Hall–Kier alpha value is -0.100.